The molecular formula is C16H18FN3O. The molecule has 4 nitrogen and oxygen atoms in total. The van der Waals surface area contributed by atoms with Crippen molar-refractivity contribution in [2.24, 2.45) is 5.73 Å². The molecule has 0 aliphatic rings. The summed E-state index contributed by atoms with van der Waals surface area (Å²) in [4.78, 5) is 11.8. The Balaban J connectivity index is 2.01. The molecule has 0 bridgehead atoms. The number of halogens is 1. The molecule has 0 spiro atoms. The Morgan fingerprint density at radius 1 is 1.14 bits per heavy atom. The highest BCUT2D eigenvalue weighted by molar-refractivity contribution is 5.99. The van der Waals surface area contributed by atoms with Crippen LogP contribution in [-0.2, 0) is 0 Å². The molecule has 1 unspecified atom stereocenters. The third-order valence-electron chi connectivity index (χ3n) is 3.07. The fourth-order valence-corrected chi connectivity index (χ4v) is 1.88. The van der Waals surface area contributed by atoms with Crippen molar-refractivity contribution in [2.75, 3.05) is 10.6 Å². The third kappa shape index (κ3) is 4.03. The number of anilines is 2. The Bertz CT molecular complexity index is 638. The van der Waals surface area contributed by atoms with Gasteiger partial charge < -0.3 is 16.4 Å². The summed E-state index contributed by atoms with van der Waals surface area (Å²) in [5.41, 5.74) is 8.29. The Labute approximate surface area is 123 Å². The number of amides is 2. The van der Waals surface area contributed by atoms with Gasteiger partial charge in [0.05, 0.1) is 5.69 Å². The zero-order valence-electron chi connectivity index (χ0n) is 12.0. The van der Waals surface area contributed by atoms with Gasteiger partial charge in [-0.25, -0.2) is 9.18 Å². The second kappa shape index (κ2) is 6.37. The zero-order chi connectivity index (χ0) is 15.4. The Morgan fingerprint density at radius 2 is 1.81 bits per heavy atom. The van der Waals surface area contributed by atoms with Crippen LogP contribution in [0.4, 0.5) is 20.6 Å². The summed E-state index contributed by atoms with van der Waals surface area (Å²) in [6.07, 6.45) is 0. The Morgan fingerprint density at radius 3 is 2.38 bits per heavy atom. The first kappa shape index (κ1) is 15.0. The van der Waals surface area contributed by atoms with E-state index in [1.165, 1.54) is 12.1 Å². The molecule has 0 heterocycles. The van der Waals surface area contributed by atoms with E-state index in [9.17, 15) is 9.18 Å². The highest BCUT2D eigenvalue weighted by Gasteiger charge is 2.07. The number of hydrogen-bond donors (Lipinski definition) is 3. The maximum Gasteiger partial charge on any atom is 0.323 e. The van der Waals surface area contributed by atoms with Crippen molar-refractivity contribution < 1.29 is 9.18 Å². The maximum absolute atomic E-state index is 13.6. The SMILES string of the molecule is Cc1ccc(NC(=O)Nc2ccc(C(C)N)cc2)c(F)c1. The predicted molar refractivity (Wildman–Crippen MR) is 82.8 cm³/mol. The average Bonchev–Trinajstić information content (AvgIpc) is 2.42. The molecular weight excluding hydrogens is 269 g/mol. The molecule has 0 aliphatic heterocycles. The van der Waals surface area contributed by atoms with Gasteiger partial charge in [-0.2, -0.15) is 0 Å². The monoisotopic (exact) mass is 287 g/mol. The summed E-state index contributed by atoms with van der Waals surface area (Å²) in [6.45, 7) is 3.67. The van der Waals surface area contributed by atoms with Crippen molar-refractivity contribution >= 4 is 17.4 Å². The molecule has 0 fully saturated rings. The lowest BCUT2D eigenvalue weighted by Gasteiger charge is -2.10. The van der Waals surface area contributed by atoms with Crippen molar-refractivity contribution in [3.63, 3.8) is 0 Å². The minimum Gasteiger partial charge on any atom is -0.324 e. The largest absolute Gasteiger partial charge is 0.324 e. The van der Waals surface area contributed by atoms with Gasteiger partial charge >= 0.3 is 6.03 Å². The van der Waals surface area contributed by atoms with Crippen molar-refractivity contribution in [3.8, 4) is 0 Å². The number of carbonyl (C=O) groups is 1. The lowest BCUT2D eigenvalue weighted by molar-refractivity contribution is 0.262. The normalized spacial score (nSPS) is 11.8. The van der Waals surface area contributed by atoms with Crippen LogP contribution in [0.5, 0.6) is 0 Å². The number of aryl methyl sites for hydroxylation is 1. The Kier molecular flexibility index (Phi) is 4.55. The number of benzene rings is 2. The fraction of sp³-hybridized carbons (Fsp3) is 0.188. The van der Waals surface area contributed by atoms with Crippen LogP contribution in [-0.4, -0.2) is 6.03 Å². The van der Waals surface area contributed by atoms with E-state index in [0.29, 0.717) is 5.69 Å². The second-order valence-electron chi connectivity index (χ2n) is 4.97. The van der Waals surface area contributed by atoms with Crippen LogP contribution < -0.4 is 16.4 Å². The van der Waals surface area contributed by atoms with E-state index in [4.69, 9.17) is 5.73 Å². The van der Waals surface area contributed by atoms with Gasteiger partial charge in [0.15, 0.2) is 0 Å². The van der Waals surface area contributed by atoms with Crippen molar-refractivity contribution in [1.29, 1.82) is 0 Å². The van der Waals surface area contributed by atoms with E-state index in [1.54, 1.807) is 25.1 Å². The van der Waals surface area contributed by atoms with Gasteiger partial charge in [-0.15, -0.1) is 0 Å². The standard InChI is InChI=1S/C16H18FN3O/c1-10-3-8-15(14(17)9-10)20-16(21)19-13-6-4-12(5-7-13)11(2)18/h3-9,11H,18H2,1-2H3,(H2,19,20,21). The zero-order valence-corrected chi connectivity index (χ0v) is 12.0. The number of nitrogens with two attached hydrogens (primary N) is 1. The summed E-state index contributed by atoms with van der Waals surface area (Å²) in [5, 5.41) is 5.11. The van der Waals surface area contributed by atoms with Crippen LogP contribution in [0.3, 0.4) is 0 Å². The van der Waals surface area contributed by atoms with E-state index < -0.39 is 11.8 Å². The minimum atomic E-state index is -0.494. The van der Waals surface area contributed by atoms with E-state index in [1.807, 2.05) is 19.1 Å². The molecule has 2 amide bonds. The van der Waals surface area contributed by atoms with Crippen LogP contribution in [0.25, 0.3) is 0 Å². The van der Waals surface area contributed by atoms with Crippen molar-refractivity contribution in [3.05, 3.63) is 59.4 Å². The van der Waals surface area contributed by atoms with Crippen LogP contribution in [0.15, 0.2) is 42.5 Å². The van der Waals surface area contributed by atoms with Gasteiger partial charge in [0.25, 0.3) is 0 Å². The van der Waals surface area contributed by atoms with Crippen molar-refractivity contribution in [2.45, 2.75) is 19.9 Å². The topological polar surface area (TPSA) is 67.2 Å². The molecule has 0 aliphatic carbocycles. The van der Waals surface area contributed by atoms with Gasteiger partial charge in [0.2, 0.25) is 0 Å². The molecule has 0 aromatic heterocycles. The number of hydrogen-bond acceptors (Lipinski definition) is 2. The van der Waals surface area contributed by atoms with Crippen LogP contribution in [0, 0.1) is 12.7 Å². The molecule has 0 saturated carbocycles. The van der Waals surface area contributed by atoms with Crippen LogP contribution in [0.2, 0.25) is 0 Å². The predicted octanol–water partition coefficient (Wildman–Crippen LogP) is 3.80. The van der Waals surface area contributed by atoms with Crippen molar-refractivity contribution in [1.82, 2.24) is 0 Å². The number of urea groups is 1. The highest BCUT2D eigenvalue weighted by Crippen LogP contribution is 2.17. The molecule has 1 atom stereocenters. The summed E-state index contributed by atoms with van der Waals surface area (Å²) in [7, 11) is 0. The van der Waals surface area contributed by atoms with Gasteiger partial charge in [-0.1, -0.05) is 18.2 Å². The first-order valence-corrected chi connectivity index (χ1v) is 6.65. The first-order valence-electron chi connectivity index (χ1n) is 6.65. The lowest BCUT2D eigenvalue weighted by atomic mass is 10.1. The molecule has 4 N–H and O–H groups in total. The van der Waals surface area contributed by atoms with E-state index in [-0.39, 0.29) is 11.7 Å². The van der Waals surface area contributed by atoms with Gasteiger partial charge in [-0.05, 0) is 49.2 Å². The second-order valence-corrected chi connectivity index (χ2v) is 4.97. The number of nitrogens with one attached hydrogen (secondary N) is 2. The smallest absolute Gasteiger partial charge is 0.323 e. The van der Waals surface area contributed by atoms with E-state index in [0.717, 1.165) is 11.1 Å². The minimum absolute atomic E-state index is 0.0606. The first-order chi connectivity index (χ1) is 9.95. The van der Waals surface area contributed by atoms with Crippen LogP contribution in [0.1, 0.15) is 24.1 Å². The van der Waals surface area contributed by atoms with Gasteiger partial charge in [-0.3, -0.25) is 0 Å². The molecule has 0 saturated heterocycles. The highest BCUT2D eigenvalue weighted by atomic mass is 19.1. The summed E-state index contributed by atoms with van der Waals surface area (Å²) in [5.74, 6) is -0.461. The molecule has 2 aromatic carbocycles. The summed E-state index contributed by atoms with van der Waals surface area (Å²) < 4.78 is 13.6. The summed E-state index contributed by atoms with van der Waals surface area (Å²) >= 11 is 0. The molecule has 21 heavy (non-hydrogen) atoms. The van der Waals surface area contributed by atoms with Crippen LogP contribution >= 0.6 is 0 Å². The summed E-state index contributed by atoms with van der Waals surface area (Å²) in [6, 6.07) is 11.3. The molecule has 5 heteroatoms. The fourth-order valence-electron chi connectivity index (χ4n) is 1.88. The molecule has 0 radical (unpaired) electrons. The third-order valence-corrected chi connectivity index (χ3v) is 3.07. The van der Waals surface area contributed by atoms with E-state index >= 15 is 0 Å². The van der Waals surface area contributed by atoms with Gasteiger partial charge in [0, 0.05) is 11.7 Å². The van der Waals surface area contributed by atoms with E-state index in [2.05, 4.69) is 10.6 Å². The molecule has 2 rings (SSSR count). The average molecular weight is 287 g/mol. The van der Waals surface area contributed by atoms with Gasteiger partial charge in [0.1, 0.15) is 5.82 Å². The molecule has 2 aromatic rings. The number of carbonyl (C=O) groups excluding carboxylic acids is 1. The number of rotatable bonds is 3. The lowest BCUT2D eigenvalue weighted by Crippen LogP contribution is -2.20. The Hall–Kier alpha value is -2.40. The molecule has 110 valence electrons. The maximum atomic E-state index is 13.6. The quantitative estimate of drug-likeness (QED) is 0.803.